The lowest BCUT2D eigenvalue weighted by atomic mass is 9.82. The molecule has 1 aliphatic rings. The average molecular weight is 477 g/mol. The van der Waals surface area contributed by atoms with Crippen LogP contribution in [0.4, 0.5) is 0 Å². The minimum atomic E-state index is -0.752. The Balaban J connectivity index is 1.97. The van der Waals surface area contributed by atoms with Crippen LogP contribution in [0.2, 0.25) is 0 Å². The van der Waals surface area contributed by atoms with Gasteiger partial charge in [-0.05, 0) is 58.2 Å². The van der Waals surface area contributed by atoms with E-state index in [1.807, 2.05) is 19.9 Å². The minimum Gasteiger partial charge on any atom is -0.508 e. The number of rotatable bonds is 8. The molecule has 0 fully saturated rings. The van der Waals surface area contributed by atoms with Gasteiger partial charge in [-0.2, -0.15) is 0 Å². The van der Waals surface area contributed by atoms with Gasteiger partial charge in [0.2, 0.25) is 0 Å². The van der Waals surface area contributed by atoms with Gasteiger partial charge in [0.15, 0.2) is 5.78 Å². The Bertz CT molecular complexity index is 1200. The molecule has 0 spiro atoms. The van der Waals surface area contributed by atoms with Crippen LogP contribution in [-0.4, -0.2) is 21.1 Å². The first-order chi connectivity index (χ1) is 16.4. The summed E-state index contributed by atoms with van der Waals surface area (Å²) in [4.78, 5) is 13.1. The van der Waals surface area contributed by atoms with E-state index in [-0.39, 0.29) is 29.5 Å². The number of hydrogen-bond donors (Lipinski definition) is 3. The SMILES string of the molecule is C=CC(C)(C)c1cc(C2CC(=O)c3ccc(O)c(C/C=C(\C)CCC=C(C)C)c3O2)c(O)cc1O. The summed E-state index contributed by atoms with van der Waals surface area (Å²) in [5.41, 5.74) is 3.87. The highest BCUT2D eigenvalue weighted by Gasteiger charge is 2.33. The number of carbonyl (C=O) groups is 1. The molecule has 5 nitrogen and oxygen atoms in total. The first-order valence-corrected chi connectivity index (χ1v) is 12.0. The molecule has 35 heavy (non-hydrogen) atoms. The van der Waals surface area contributed by atoms with Crippen molar-refractivity contribution in [3.05, 3.63) is 82.5 Å². The van der Waals surface area contributed by atoms with Gasteiger partial charge in [-0.15, -0.1) is 6.58 Å². The molecule has 1 unspecified atom stereocenters. The Morgan fingerprint density at radius 3 is 2.46 bits per heavy atom. The summed E-state index contributed by atoms with van der Waals surface area (Å²) >= 11 is 0. The molecule has 1 atom stereocenters. The molecule has 5 heteroatoms. The zero-order chi connectivity index (χ0) is 25.9. The molecule has 3 rings (SSSR count). The first kappa shape index (κ1) is 26.1. The van der Waals surface area contributed by atoms with E-state index in [1.54, 1.807) is 18.2 Å². The van der Waals surface area contributed by atoms with Crippen molar-refractivity contribution in [1.82, 2.24) is 0 Å². The predicted molar refractivity (Wildman–Crippen MR) is 140 cm³/mol. The lowest BCUT2D eigenvalue weighted by Crippen LogP contribution is -2.22. The fraction of sp³-hybridized carbons (Fsp3) is 0.367. The molecule has 0 aliphatic carbocycles. The van der Waals surface area contributed by atoms with Gasteiger partial charge in [0.05, 0.1) is 12.0 Å². The normalized spacial score (nSPS) is 15.9. The Morgan fingerprint density at radius 2 is 1.80 bits per heavy atom. The molecule has 2 aromatic rings. The van der Waals surface area contributed by atoms with Crippen LogP contribution in [0.5, 0.6) is 23.0 Å². The number of ketones is 1. The van der Waals surface area contributed by atoms with E-state index in [1.165, 1.54) is 23.3 Å². The van der Waals surface area contributed by atoms with Crippen molar-refractivity contribution in [1.29, 1.82) is 0 Å². The summed E-state index contributed by atoms with van der Waals surface area (Å²) in [6, 6.07) is 6.07. The number of aromatic hydroxyl groups is 3. The van der Waals surface area contributed by atoms with Crippen molar-refractivity contribution in [2.45, 2.75) is 71.8 Å². The number of benzene rings is 2. The van der Waals surface area contributed by atoms with Crippen LogP contribution in [0.1, 0.15) is 87.0 Å². The molecule has 186 valence electrons. The van der Waals surface area contributed by atoms with Gasteiger partial charge < -0.3 is 20.1 Å². The summed E-state index contributed by atoms with van der Waals surface area (Å²) in [6.07, 6.45) is 7.53. The molecule has 1 aliphatic heterocycles. The number of Topliss-reactive ketones (excluding diaryl/α,β-unsaturated/α-hetero) is 1. The average Bonchev–Trinajstić information content (AvgIpc) is 2.77. The Hall–Kier alpha value is -3.47. The van der Waals surface area contributed by atoms with Crippen LogP contribution in [-0.2, 0) is 11.8 Å². The van der Waals surface area contributed by atoms with Crippen molar-refractivity contribution in [2.24, 2.45) is 0 Å². The Labute approximate surface area is 208 Å². The van der Waals surface area contributed by atoms with Crippen LogP contribution in [0.15, 0.2) is 60.2 Å². The largest absolute Gasteiger partial charge is 0.508 e. The van der Waals surface area contributed by atoms with Gasteiger partial charge in [0.1, 0.15) is 29.1 Å². The van der Waals surface area contributed by atoms with Crippen molar-refractivity contribution in [3.63, 3.8) is 0 Å². The monoisotopic (exact) mass is 476 g/mol. The third kappa shape index (κ3) is 5.79. The highest BCUT2D eigenvalue weighted by molar-refractivity contribution is 6.00. The molecule has 0 bridgehead atoms. The second kappa shape index (κ2) is 10.4. The number of phenolic OH excluding ortho intramolecular Hbond substituents is 3. The van der Waals surface area contributed by atoms with Crippen molar-refractivity contribution >= 4 is 5.78 Å². The van der Waals surface area contributed by atoms with Crippen molar-refractivity contribution < 1.29 is 24.9 Å². The fourth-order valence-electron chi connectivity index (χ4n) is 4.25. The summed E-state index contributed by atoms with van der Waals surface area (Å²) in [5.74, 6) is 0.0825. The van der Waals surface area contributed by atoms with Gasteiger partial charge in [0, 0.05) is 28.2 Å². The van der Waals surface area contributed by atoms with Crippen LogP contribution < -0.4 is 4.74 Å². The van der Waals surface area contributed by atoms with Crippen LogP contribution >= 0.6 is 0 Å². The maximum absolute atomic E-state index is 13.1. The van der Waals surface area contributed by atoms with E-state index < -0.39 is 11.5 Å². The number of carbonyl (C=O) groups excluding carboxylic acids is 1. The minimum absolute atomic E-state index is 0.0427. The topological polar surface area (TPSA) is 87.0 Å². The molecule has 1 heterocycles. The second-order valence-corrected chi connectivity index (χ2v) is 10.1. The molecular formula is C30H36O5. The second-order valence-electron chi connectivity index (χ2n) is 10.1. The van der Waals surface area contributed by atoms with Crippen molar-refractivity contribution in [2.75, 3.05) is 0 Å². The zero-order valence-corrected chi connectivity index (χ0v) is 21.3. The summed E-state index contributed by atoms with van der Waals surface area (Å²) in [5, 5.41) is 31.7. The number of fused-ring (bicyclic) bond motifs is 1. The van der Waals surface area contributed by atoms with E-state index in [0.29, 0.717) is 34.4 Å². The standard InChI is InChI=1S/C30H36O5/c1-7-30(5,6)23-15-22(25(32)16-27(23)34)28-17-26(33)21-13-14-24(31)20(29(21)35-28)12-11-19(4)10-8-9-18(2)3/h7,9,11,13-16,28,31-32,34H,1,8,10,12,17H2,2-6H3/b19-11+. The molecule has 2 aromatic carbocycles. The first-order valence-electron chi connectivity index (χ1n) is 12.0. The Kier molecular flexibility index (Phi) is 7.79. The van der Waals surface area contributed by atoms with Gasteiger partial charge in [-0.1, -0.05) is 43.2 Å². The van der Waals surface area contributed by atoms with E-state index in [2.05, 4.69) is 33.4 Å². The third-order valence-corrected chi connectivity index (χ3v) is 6.61. The number of hydrogen-bond acceptors (Lipinski definition) is 5. The third-order valence-electron chi connectivity index (χ3n) is 6.61. The van der Waals surface area contributed by atoms with E-state index in [0.717, 1.165) is 12.8 Å². The fourth-order valence-corrected chi connectivity index (χ4v) is 4.25. The smallest absolute Gasteiger partial charge is 0.170 e. The summed E-state index contributed by atoms with van der Waals surface area (Å²) in [6.45, 7) is 13.9. The van der Waals surface area contributed by atoms with Gasteiger partial charge in [-0.3, -0.25) is 4.79 Å². The Morgan fingerprint density at radius 1 is 1.09 bits per heavy atom. The van der Waals surface area contributed by atoms with E-state index >= 15 is 0 Å². The number of phenols is 3. The molecule has 3 N–H and O–H groups in total. The lowest BCUT2D eigenvalue weighted by molar-refractivity contribution is 0.0844. The lowest BCUT2D eigenvalue weighted by Gasteiger charge is -2.30. The molecule has 0 radical (unpaired) electrons. The predicted octanol–water partition coefficient (Wildman–Crippen LogP) is 7.21. The molecule has 0 saturated carbocycles. The highest BCUT2D eigenvalue weighted by atomic mass is 16.5. The van der Waals surface area contributed by atoms with Crippen LogP contribution in [0, 0.1) is 0 Å². The summed E-state index contributed by atoms with van der Waals surface area (Å²) in [7, 11) is 0. The van der Waals surface area contributed by atoms with E-state index in [9.17, 15) is 20.1 Å². The molecule has 0 aromatic heterocycles. The molecule has 0 amide bonds. The summed E-state index contributed by atoms with van der Waals surface area (Å²) < 4.78 is 6.28. The van der Waals surface area contributed by atoms with Crippen molar-refractivity contribution in [3.8, 4) is 23.0 Å². The van der Waals surface area contributed by atoms with Crippen LogP contribution in [0.3, 0.4) is 0 Å². The molecule has 0 saturated heterocycles. The van der Waals surface area contributed by atoms with Gasteiger partial charge in [0.25, 0.3) is 0 Å². The maximum Gasteiger partial charge on any atom is 0.170 e. The molecular weight excluding hydrogens is 440 g/mol. The highest BCUT2D eigenvalue weighted by Crippen LogP contribution is 2.45. The van der Waals surface area contributed by atoms with Gasteiger partial charge >= 0.3 is 0 Å². The quantitative estimate of drug-likeness (QED) is 0.350. The van der Waals surface area contributed by atoms with Crippen LogP contribution in [0.25, 0.3) is 0 Å². The number of allylic oxidation sites excluding steroid dienone is 5. The zero-order valence-electron chi connectivity index (χ0n) is 21.3. The van der Waals surface area contributed by atoms with E-state index in [4.69, 9.17) is 4.74 Å². The maximum atomic E-state index is 13.1. The van der Waals surface area contributed by atoms with Gasteiger partial charge in [-0.25, -0.2) is 0 Å². The number of ether oxygens (including phenoxy) is 1.